The number of halogens is 1. The summed E-state index contributed by atoms with van der Waals surface area (Å²) in [5, 5.41) is 1.61. The van der Waals surface area contributed by atoms with E-state index in [0.29, 0.717) is 23.3 Å². The van der Waals surface area contributed by atoms with Gasteiger partial charge in [0, 0.05) is 18.5 Å². The summed E-state index contributed by atoms with van der Waals surface area (Å²) < 4.78 is 48.0. The largest absolute Gasteiger partial charge is 0.464 e. The van der Waals surface area contributed by atoms with E-state index >= 15 is 0 Å². The summed E-state index contributed by atoms with van der Waals surface area (Å²) in [6.07, 6.45) is 16.5. The second kappa shape index (κ2) is 16.7. The summed E-state index contributed by atoms with van der Waals surface area (Å²) >= 11 is 1.19. The third-order valence-electron chi connectivity index (χ3n) is 7.03. The van der Waals surface area contributed by atoms with E-state index in [9.17, 15) is 22.4 Å². The fourth-order valence-electron chi connectivity index (χ4n) is 4.39. The topological polar surface area (TPSA) is 128 Å². The van der Waals surface area contributed by atoms with Crippen LogP contribution in [0.2, 0.25) is 0 Å². The van der Waals surface area contributed by atoms with E-state index in [1.165, 1.54) is 35.7 Å². The van der Waals surface area contributed by atoms with Gasteiger partial charge in [0.05, 0.1) is 11.5 Å². The van der Waals surface area contributed by atoms with Crippen LogP contribution in [-0.4, -0.2) is 44.1 Å². The van der Waals surface area contributed by atoms with Crippen LogP contribution in [0.3, 0.4) is 0 Å². The number of sulfonamides is 1. The maximum atomic E-state index is 13.6. The first-order chi connectivity index (χ1) is 20.5. The molecule has 0 saturated carbocycles. The predicted molar refractivity (Wildman–Crippen MR) is 171 cm³/mol. The maximum Gasteiger partial charge on any atom is 0.323 e. The van der Waals surface area contributed by atoms with Crippen LogP contribution in [0, 0.1) is 17.7 Å². The van der Waals surface area contributed by atoms with Gasteiger partial charge in [-0.05, 0) is 72.3 Å². The SMILES string of the molecule is CCCS[C@H](NS(=O)(=O)C1=CC[C@H](C2=CCCC=C2)C=C1)C(=O)N/C=C(\CCOC(=O)C(N)C(C)C)c1ccc(F)cc1. The number of ether oxygens (including phenoxy) is 1. The van der Waals surface area contributed by atoms with E-state index in [1.54, 1.807) is 24.3 Å². The fourth-order valence-corrected chi connectivity index (χ4v) is 6.83. The van der Waals surface area contributed by atoms with E-state index in [2.05, 4.69) is 28.3 Å². The molecule has 234 valence electrons. The Bertz CT molecular complexity index is 1380. The van der Waals surface area contributed by atoms with Crippen LogP contribution in [0.5, 0.6) is 0 Å². The zero-order valence-corrected chi connectivity index (χ0v) is 26.6. The van der Waals surface area contributed by atoms with Gasteiger partial charge < -0.3 is 15.8 Å². The Morgan fingerprint density at radius 1 is 1.16 bits per heavy atom. The number of nitrogens with two attached hydrogens (primary N) is 1. The van der Waals surface area contributed by atoms with E-state index in [1.807, 2.05) is 26.8 Å². The number of nitrogens with one attached hydrogen (secondary N) is 2. The average molecular weight is 632 g/mol. The molecule has 0 fully saturated rings. The summed E-state index contributed by atoms with van der Waals surface area (Å²) in [7, 11) is -3.97. The Hall–Kier alpha value is -2.99. The molecule has 0 aliphatic heterocycles. The van der Waals surface area contributed by atoms with Crippen molar-refractivity contribution in [3.8, 4) is 0 Å². The highest BCUT2D eigenvalue weighted by atomic mass is 32.2. The molecule has 2 aliphatic carbocycles. The Balaban J connectivity index is 1.71. The molecule has 1 aromatic carbocycles. The predicted octanol–water partition coefficient (Wildman–Crippen LogP) is 5.32. The van der Waals surface area contributed by atoms with Gasteiger partial charge in [-0.15, -0.1) is 11.8 Å². The van der Waals surface area contributed by atoms with Crippen LogP contribution in [0.1, 0.15) is 58.4 Å². The highest BCUT2D eigenvalue weighted by molar-refractivity contribution is 8.02. The van der Waals surface area contributed by atoms with Crippen molar-refractivity contribution in [2.24, 2.45) is 17.6 Å². The molecule has 43 heavy (non-hydrogen) atoms. The van der Waals surface area contributed by atoms with Gasteiger partial charge >= 0.3 is 5.97 Å². The monoisotopic (exact) mass is 631 g/mol. The van der Waals surface area contributed by atoms with E-state index < -0.39 is 39.1 Å². The van der Waals surface area contributed by atoms with Crippen molar-refractivity contribution in [1.29, 1.82) is 0 Å². The molecule has 0 spiro atoms. The molecule has 0 bridgehead atoms. The lowest BCUT2D eigenvalue weighted by Crippen LogP contribution is -2.43. The number of allylic oxidation sites excluding steroid dienone is 7. The van der Waals surface area contributed by atoms with Crippen LogP contribution in [0.15, 0.2) is 77.4 Å². The number of carbonyl (C=O) groups is 2. The van der Waals surface area contributed by atoms with Crippen molar-refractivity contribution in [3.63, 3.8) is 0 Å². The van der Waals surface area contributed by atoms with Crippen molar-refractivity contribution < 1.29 is 27.1 Å². The highest BCUT2D eigenvalue weighted by Crippen LogP contribution is 2.29. The lowest BCUT2D eigenvalue weighted by Gasteiger charge is -2.21. The molecule has 8 nitrogen and oxygen atoms in total. The Kier molecular flexibility index (Phi) is 13.4. The lowest BCUT2D eigenvalue weighted by atomic mass is 9.89. The smallest absolute Gasteiger partial charge is 0.323 e. The fraction of sp³-hybridized carbons (Fsp3) is 0.438. The molecule has 0 radical (unpaired) electrons. The lowest BCUT2D eigenvalue weighted by molar-refractivity contribution is -0.146. The molecule has 3 rings (SSSR count). The Labute approximate surface area is 258 Å². The van der Waals surface area contributed by atoms with Crippen LogP contribution in [0.4, 0.5) is 4.39 Å². The molecule has 0 saturated heterocycles. The third-order valence-corrected chi connectivity index (χ3v) is 9.95. The van der Waals surface area contributed by atoms with Crippen molar-refractivity contribution in [2.75, 3.05) is 12.4 Å². The number of thioether (sulfide) groups is 1. The summed E-state index contributed by atoms with van der Waals surface area (Å²) in [5.41, 5.74) is 8.22. The van der Waals surface area contributed by atoms with Gasteiger partial charge in [-0.25, -0.2) is 12.8 Å². The van der Waals surface area contributed by atoms with Crippen molar-refractivity contribution in [3.05, 3.63) is 88.8 Å². The molecule has 3 atom stereocenters. The number of carbonyl (C=O) groups excluding carboxylic acids is 2. The van der Waals surface area contributed by atoms with Crippen LogP contribution >= 0.6 is 11.8 Å². The first kappa shape index (κ1) is 34.5. The van der Waals surface area contributed by atoms with Crippen molar-refractivity contribution >= 4 is 39.2 Å². The van der Waals surface area contributed by atoms with Crippen molar-refractivity contribution in [2.45, 2.75) is 64.3 Å². The molecule has 11 heteroatoms. The van der Waals surface area contributed by atoms with E-state index in [4.69, 9.17) is 10.5 Å². The molecular formula is C32H42FN3O5S2. The number of hydrogen-bond donors (Lipinski definition) is 3. The Morgan fingerprint density at radius 3 is 2.51 bits per heavy atom. The number of hydrogen-bond acceptors (Lipinski definition) is 7. The van der Waals surface area contributed by atoms with Gasteiger partial charge in [0.1, 0.15) is 17.2 Å². The molecular weight excluding hydrogens is 590 g/mol. The second-order valence-corrected chi connectivity index (χ2v) is 13.7. The molecule has 1 amide bonds. The van der Waals surface area contributed by atoms with Gasteiger partial charge in [0.2, 0.25) is 10.0 Å². The van der Waals surface area contributed by atoms with Crippen LogP contribution in [-0.2, 0) is 24.3 Å². The minimum absolute atomic E-state index is 0.00679. The molecule has 2 aliphatic rings. The van der Waals surface area contributed by atoms with E-state index in [-0.39, 0.29) is 29.8 Å². The number of esters is 1. The van der Waals surface area contributed by atoms with Crippen molar-refractivity contribution in [1.82, 2.24) is 10.0 Å². The average Bonchev–Trinajstić information content (AvgIpc) is 3.01. The first-order valence-corrected chi connectivity index (χ1v) is 17.1. The number of benzene rings is 1. The summed E-state index contributed by atoms with van der Waals surface area (Å²) in [6, 6.07) is 4.92. The summed E-state index contributed by atoms with van der Waals surface area (Å²) in [5.74, 6) is -0.925. The minimum atomic E-state index is -3.97. The van der Waals surface area contributed by atoms with E-state index in [0.717, 1.165) is 19.3 Å². The van der Waals surface area contributed by atoms with Gasteiger partial charge in [0.15, 0.2) is 0 Å². The standard InChI is InChI=1S/C32H42FN3O5S2/c1-4-20-42-31(36-43(39,40)28-16-12-24(13-17-28)23-8-6-5-7-9-23)30(37)35-21-26(25-10-14-27(33)15-11-25)18-19-41-32(38)29(34)22(2)3/h6,8-12,14-17,21-22,24,29,31,36H,4-5,7,13,18-20,34H2,1-3H3,(H,35,37)/b26-21+/t24-,29?,31+/m1/s1. The maximum absolute atomic E-state index is 13.6. The zero-order valence-electron chi connectivity index (χ0n) is 24.9. The number of amides is 1. The second-order valence-electron chi connectivity index (χ2n) is 10.7. The molecule has 0 aromatic heterocycles. The minimum Gasteiger partial charge on any atom is -0.464 e. The molecule has 1 unspecified atom stereocenters. The normalized spacial score (nSPS) is 18.6. The molecule has 4 N–H and O–H groups in total. The quantitative estimate of drug-likeness (QED) is 0.177. The van der Waals surface area contributed by atoms with Crippen LogP contribution < -0.4 is 15.8 Å². The van der Waals surface area contributed by atoms with Gasteiger partial charge in [-0.2, -0.15) is 4.72 Å². The third kappa shape index (κ3) is 10.6. The zero-order chi connectivity index (χ0) is 31.4. The van der Waals surface area contributed by atoms with Gasteiger partial charge in [-0.1, -0.05) is 63.3 Å². The Morgan fingerprint density at radius 2 is 1.91 bits per heavy atom. The van der Waals surface area contributed by atoms with Gasteiger partial charge in [-0.3, -0.25) is 9.59 Å². The number of rotatable bonds is 15. The highest BCUT2D eigenvalue weighted by Gasteiger charge is 2.28. The first-order valence-electron chi connectivity index (χ1n) is 14.6. The van der Waals surface area contributed by atoms with Gasteiger partial charge in [0.25, 0.3) is 5.91 Å². The van der Waals surface area contributed by atoms with Crippen LogP contribution in [0.25, 0.3) is 5.57 Å². The molecule has 0 heterocycles. The summed E-state index contributed by atoms with van der Waals surface area (Å²) in [6.45, 7) is 5.57. The summed E-state index contributed by atoms with van der Waals surface area (Å²) in [4.78, 5) is 25.6. The molecule has 1 aromatic rings.